The highest BCUT2D eigenvalue weighted by molar-refractivity contribution is 7.92. The van der Waals surface area contributed by atoms with Gasteiger partial charge < -0.3 is 5.32 Å². The molecule has 130 valence electrons. The van der Waals surface area contributed by atoms with E-state index < -0.39 is 44.4 Å². The van der Waals surface area contributed by atoms with Crippen LogP contribution in [-0.4, -0.2) is 31.4 Å². The number of nitrogens with one attached hydrogen (secondary N) is 1. The second kappa shape index (κ2) is 7.86. The summed E-state index contributed by atoms with van der Waals surface area (Å²) < 4.78 is 51.2. The van der Waals surface area contributed by atoms with Gasteiger partial charge in [-0.15, -0.1) is 0 Å². The van der Waals surface area contributed by atoms with Gasteiger partial charge in [-0.2, -0.15) is 0 Å². The zero-order valence-electron chi connectivity index (χ0n) is 13.8. The summed E-state index contributed by atoms with van der Waals surface area (Å²) in [6, 6.07) is 2.96. The van der Waals surface area contributed by atoms with Gasteiger partial charge in [0, 0.05) is 11.6 Å². The fraction of sp³-hybridized carbons (Fsp3) is 0.562. The lowest BCUT2D eigenvalue weighted by molar-refractivity contribution is -0.119. The summed E-state index contributed by atoms with van der Waals surface area (Å²) in [6.45, 7) is 6.67. The minimum Gasteiger partial charge on any atom is -0.352 e. The predicted molar refractivity (Wildman–Crippen MR) is 85.8 cm³/mol. The molecule has 1 N–H and O–H groups in total. The van der Waals surface area contributed by atoms with Crippen molar-refractivity contribution in [3.8, 4) is 0 Å². The average molecular weight is 347 g/mol. The Balaban J connectivity index is 2.68. The molecule has 0 heterocycles. The van der Waals surface area contributed by atoms with E-state index in [0.29, 0.717) is 0 Å². The lowest BCUT2D eigenvalue weighted by Gasteiger charge is -2.18. The lowest BCUT2D eigenvalue weighted by atomic mass is 10.1. The molecular formula is C16H23F2NO3S. The normalized spacial score (nSPS) is 14.6. The molecule has 0 radical (unpaired) electrons. The second-order valence-corrected chi connectivity index (χ2v) is 8.49. The molecule has 1 rings (SSSR count). The second-order valence-electron chi connectivity index (χ2n) is 6.13. The topological polar surface area (TPSA) is 63.2 Å². The summed E-state index contributed by atoms with van der Waals surface area (Å²) in [7, 11) is -3.55. The smallest absolute Gasteiger partial charge is 0.235 e. The van der Waals surface area contributed by atoms with Crippen LogP contribution in [0.1, 0.15) is 33.3 Å². The molecule has 2 atom stereocenters. The van der Waals surface area contributed by atoms with E-state index in [1.165, 1.54) is 6.07 Å². The first-order valence-electron chi connectivity index (χ1n) is 7.48. The maximum atomic E-state index is 13.6. The molecule has 0 unspecified atom stereocenters. The van der Waals surface area contributed by atoms with Crippen LogP contribution in [-0.2, 0) is 21.1 Å². The maximum absolute atomic E-state index is 13.6. The Labute approximate surface area is 136 Å². The van der Waals surface area contributed by atoms with E-state index >= 15 is 0 Å². The highest BCUT2D eigenvalue weighted by Crippen LogP contribution is 2.15. The van der Waals surface area contributed by atoms with Gasteiger partial charge in [0.2, 0.25) is 5.91 Å². The molecule has 0 fully saturated rings. The molecule has 0 aliphatic carbocycles. The fourth-order valence-corrected chi connectivity index (χ4v) is 3.67. The zero-order valence-corrected chi connectivity index (χ0v) is 14.6. The zero-order chi connectivity index (χ0) is 17.8. The van der Waals surface area contributed by atoms with E-state index in [-0.39, 0.29) is 17.9 Å². The molecule has 0 spiro atoms. The van der Waals surface area contributed by atoms with Gasteiger partial charge in [-0.3, -0.25) is 4.79 Å². The Kier molecular flexibility index (Phi) is 6.68. The predicted octanol–water partition coefficient (Wildman–Crippen LogP) is 2.47. The van der Waals surface area contributed by atoms with E-state index in [2.05, 4.69) is 5.32 Å². The van der Waals surface area contributed by atoms with Gasteiger partial charge in [0.05, 0.1) is 5.25 Å². The van der Waals surface area contributed by atoms with Crippen molar-refractivity contribution < 1.29 is 22.0 Å². The highest BCUT2D eigenvalue weighted by atomic mass is 32.2. The number of halogens is 2. The number of hydrogen-bond donors (Lipinski definition) is 1. The lowest BCUT2D eigenvalue weighted by Crippen LogP contribution is -2.40. The molecule has 0 bridgehead atoms. The number of carbonyl (C=O) groups is 1. The van der Waals surface area contributed by atoms with Crippen molar-refractivity contribution in [2.45, 2.75) is 45.4 Å². The SMILES string of the molecule is CC(C)[C@@H](C)S(=O)(=O)CC(=O)N[C@H](C)Cc1c(F)cccc1F. The Bertz CT molecular complexity index is 639. The van der Waals surface area contributed by atoms with Crippen LogP contribution in [0.3, 0.4) is 0 Å². The van der Waals surface area contributed by atoms with Crippen molar-refractivity contribution in [3.63, 3.8) is 0 Å². The van der Waals surface area contributed by atoms with Crippen LogP contribution in [0.2, 0.25) is 0 Å². The molecule has 0 aliphatic rings. The maximum Gasteiger partial charge on any atom is 0.235 e. The van der Waals surface area contributed by atoms with E-state index in [9.17, 15) is 22.0 Å². The van der Waals surface area contributed by atoms with Crippen LogP contribution >= 0.6 is 0 Å². The minimum absolute atomic E-state index is 0.0516. The molecule has 0 aliphatic heterocycles. The average Bonchev–Trinajstić information content (AvgIpc) is 2.41. The Morgan fingerprint density at radius 1 is 1.13 bits per heavy atom. The molecule has 0 saturated heterocycles. The van der Waals surface area contributed by atoms with Crippen molar-refractivity contribution in [1.29, 1.82) is 0 Å². The van der Waals surface area contributed by atoms with E-state index in [4.69, 9.17) is 0 Å². The molecule has 0 aromatic heterocycles. The standard InChI is InChI=1S/C16H23F2NO3S/c1-10(2)12(4)23(21,22)9-16(20)19-11(3)8-13-14(17)6-5-7-15(13)18/h5-7,10-12H,8-9H2,1-4H3,(H,19,20)/t11-,12-/m1/s1. The van der Waals surface area contributed by atoms with E-state index in [1.807, 2.05) is 0 Å². The Morgan fingerprint density at radius 3 is 2.13 bits per heavy atom. The first kappa shape index (κ1) is 19.5. The van der Waals surface area contributed by atoms with Crippen LogP contribution in [0.25, 0.3) is 0 Å². The number of carbonyl (C=O) groups excluding carboxylic acids is 1. The van der Waals surface area contributed by atoms with Crippen molar-refractivity contribution in [2.24, 2.45) is 5.92 Å². The van der Waals surface area contributed by atoms with Crippen molar-refractivity contribution >= 4 is 15.7 Å². The number of rotatable bonds is 7. The van der Waals surface area contributed by atoms with Crippen molar-refractivity contribution in [2.75, 3.05) is 5.75 Å². The highest BCUT2D eigenvalue weighted by Gasteiger charge is 2.27. The summed E-state index contributed by atoms with van der Waals surface area (Å²) >= 11 is 0. The molecule has 1 aromatic carbocycles. The molecule has 0 saturated carbocycles. The molecule has 23 heavy (non-hydrogen) atoms. The molecular weight excluding hydrogens is 324 g/mol. The quantitative estimate of drug-likeness (QED) is 0.824. The summed E-state index contributed by atoms with van der Waals surface area (Å²) in [5, 5.41) is 1.85. The van der Waals surface area contributed by atoms with E-state index in [0.717, 1.165) is 12.1 Å². The monoisotopic (exact) mass is 347 g/mol. The number of sulfone groups is 1. The Hall–Kier alpha value is -1.50. The molecule has 1 aromatic rings. The third-order valence-electron chi connectivity index (χ3n) is 3.82. The van der Waals surface area contributed by atoms with Crippen LogP contribution < -0.4 is 5.32 Å². The van der Waals surface area contributed by atoms with Crippen LogP contribution in [0.4, 0.5) is 8.78 Å². The van der Waals surface area contributed by atoms with E-state index in [1.54, 1.807) is 27.7 Å². The third kappa shape index (κ3) is 5.57. The minimum atomic E-state index is -3.55. The van der Waals surface area contributed by atoms with Gasteiger partial charge in [0.25, 0.3) is 0 Å². The first-order chi connectivity index (χ1) is 10.5. The molecule has 1 amide bonds. The summed E-state index contributed by atoms with van der Waals surface area (Å²) in [5.41, 5.74) is -0.126. The van der Waals surface area contributed by atoms with Crippen LogP contribution in [0, 0.1) is 17.6 Å². The molecule has 7 heteroatoms. The summed E-state index contributed by atoms with van der Waals surface area (Å²) in [4.78, 5) is 11.9. The number of benzene rings is 1. The fourth-order valence-electron chi connectivity index (χ4n) is 2.13. The summed E-state index contributed by atoms with van der Waals surface area (Å²) in [6.07, 6.45) is -0.0516. The van der Waals surface area contributed by atoms with Gasteiger partial charge in [0.15, 0.2) is 9.84 Å². The largest absolute Gasteiger partial charge is 0.352 e. The van der Waals surface area contributed by atoms with Crippen molar-refractivity contribution in [3.05, 3.63) is 35.4 Å². The third-order valence-corrected chi connectivity index (χ3v) is 6.16. The summed E-state index contributed by atoms with van der Waals surface area (Å²) in [5.74, 6) is -2.77. The van der Waals surface area contributed by atoms with Gasteiger partial charge >= 0.3 is 0 Å². The van der Waals surface area contributed by atoms with Crippen molar-refractivity contribution in [1.82, 2.24) is 5.32 Å². The van der Waals surface area contributed by atoms with Crippen LogP contribution in [0.15, 0.2) is 18.2 Å². The molecule has 4 nitrogen and oxygen atoms in total. The van der Waals surface area contributed by atoms with Crippen LogP contribution in [0.5, 0.6) is 0 Å². The van der Waals surface area contributed by atoms with Gasteiger partial charge in [-0.25, -0.2) is 17.2 Å². The number of hydrogen-bond acceptors (Lipinski definition) is 3. The first-order valence-corrected chi connectivity index (χ1v) is 9.20. The van der Waals surface area contributed by atoms with Gasteiger partial charge in [-0.05, 0) is 38.3 Å². The van der Waals surface area contributed by atoms with Gasteiger partial charge in [-0.1, -0.05) is 19.9 Å². The van der Waals surface area contributed by atoms with Gasteiger partial charge in [0.1, 0.15) is 17.4 Å². The Morgan fingerprint density at radius 2 is 1.65 bits per heavy atom. The number of amides is 1.